The van der Waals surface area contributed by atoms with E-state index in [0.29, 0.717) is 27.2 Å². The van der Waals surface area contributed by atoms with Crippen LogP contribution >= 0.6 is 22.6 Å². The lowest BCUT2D eigenvalue weighted by molar-refractivity contribution is -0.137. The minimum atomic E-state index is -4.56. The second kappa shape index (κ2) is 11.6. The number of nitriles is 1. The van der Waals surface area contributed by atoms with Crippen molar-refractivity contribution in [2.45, 2.75) is 12.8 Å². The summed E-state index contributed by atoms with van der Waals surface area (Å²) in [6, 6.07) is 23.4. The normalized spacial score (nSPS) is 11.6. The lowest BCUT2D eigenvalue weighted by Gasteiger charge is -2.14. The second-order valence-electron chi connectivity index (χ2n) is 8.21. The van der Waals surface area contributed by atoms with E-state index in [0.717, 1.165) is 28.5 Å². The van der Waals surface area contributed by atoms with Crippen LogP contribution in [0.2, 0.25) is 0 Å². The van der Waals surface area contributed by atoms with Gasteiger partial charge in [-0.2, -0.15) is 18.4 Å². The van der Waals surface area contributed by atoms with Crippen LogP contribution in [0.4, 0.5) is 18.9 Å². The van der Waals surface area contributed by atoms with Gasteiger partial charge in [0.1, 0.15) is 18.2 Å². The van der Waals surface area contributed by atoms with E-state index in [9.17, 15) is 23.2 Å². The standard InChI is InChI=1S/C29H20F3IN2O3/c1-37-26-14-19(12-22(16-34)28(36)35-24-8-4-7-23(15-24)29(30,31)32)13-25(33)27(26)38-17-18-9-10-20-5-2-3-6-21(20)11-18/h2-15H,17H2,1H3,(H,35,36)/b22-12-. The van der Waals surface area contributed by atoms with Crippen LogP contribution in [0.25, 0.3) is 16.8 Å². The van der Waals surface area contributed by atoms with E-state index in [4.69, 9.17) is 9.47 Å². The fourth-order valence-electron chi connectivity index (χ4n) is 3.73. The molecule has 192 valence electrons. The number of hydrogen-bond acceptors (Lipinski definition) is 4. The van der Waals surface area contributed by atoms with Crippen molar-refractivity contribution < 1.29 is 27.4 Å². The molecule has 0 atom stereocenters. The Hall–Kier alpha value is -4.04. The molecule has 4 rings (SSSR count). The minimum Gasteiger partial charge on any atom is -0.493 e. The molecule has 0 heterocycles. The summed E-state index contributed by atoms with van der Waals surface area (Å²) in [4.78, 5) is 12.6. The quantitative estimate of drug-likeness (QED) is 0.130. The average molecular weight is 628 g/mol. The second-order valence-corrected chi connectivity index (χ2v) is 9.37. The number of nitrogens with one attached hydrogen (secondary N) is 1. The number of anilines is 1. The van der Waals surface area contributed by atoms with Gasteiger partial charge >= 0.3 is 6.18 Å². The fourth-order valence-corrected chi connectivity index (χ4v) is 4.52. The van der Waals surface area contributed by atoms with E-state index in [1.165, 1.54) is 25.3 Å². The summed E-state index contributed by atoms with van der Waals surface area (Å²) in [5, 5.41) is 14.1. The maximum atomic E-state index is 13.0. The third kappa shape index (κ3) is 6.44. The smallest absolute Gasteiger partial charge is 0.416 e. The Bertz CT molecular complexity index is 1580. The Morgan fingerprint density at radius 3 is 2.50 bits per heavy atom. The van der Waals surface area contributed by atoms with Crippen LogP contribution < -0.4 is 14.8 Å². The molecule has 38 heavy (non-hydrogen) atoms. The first kappa shape index (κ1) is 27.0. The van der Waals surface area contributed by atoms with E-state index >= 15 is 0 Å². The van der Waals surface area contributed by atoms with Gasteiger partial charge in [-0.15, -0.1) is 0 Å². The van der Waals surface area contributed by atoms with Gasteiger partial charge in [0.05, 0.1) is 16.2 Å². The average Bonchev–Trinajstić information content (AvgIpc) is 2.90. The minimum absolute atomic E-state index is 0.0735. The van der Waals surface area contributed by atoms with Gasteiger partial charge < -0.3 is 14.8 Å². The number of carbonyl (C=O) groups excluding carboxylic acids is 1. The van der Waals surface area contributed by atoms with Crippen molar-refractivity contribution in [1.29, 1.82) is 5.26 Å². The third-order valence-corrected chi connectivity index (χ3v) is 6.37. The Labute approximate surface area is 230 Å². The number of carbonyl (C=O) groups is 1. The summed E-state index contributed by atoms with van der Waals surface area (Å²) in [5.41, 5.74) is 0.195. The van der Waals surface area contributed by atoms with Gasteiger partial charge in [-0.3, -0.25) is 4.79 Å². The van der Waals surface area contributed by atoms with Crippen LogP contribution in [0.3, 0.4) is 0 Å². The van der Waals surface area contributed by atoms with Gasteiger partial charge in [0.2, 0.25) is 0 Å². The summed E-state index contributed by atoms with van der Waals surface area (Å²) in [6.45, 7) is 0.301. The van der Waals surface area contributed by atoms with Crippen LogP contribution in [0.1, 0.15) is 16.7 Å². The molecule has 5 nitrogen and oxygen atoms in total. The van der Waals surface area contributed by atoms with Crippen molar-refractivity contribution in [3.05, 3.63) is 105 Å². The molecule has 0 aromatic heterocycles. The van der Waals surface area contributed by atoms with Gasteiger partial charge in [-0.05, 0) is 87.0 Å². The van der Waals surface area contributed by atoms with Crippen molar-refractivity contribution in [1.82, 2.24) is 0 Å². The molecule has 0 aliphatic rings. The van der Waals surface area contributed by atoms with E-state index < -0.39 is 17.6 Å². The Balaban J connectivity index is 1.53. The zero-order valence-electron chi connectivity index (χ0n) is 20.0. The SMILES string of the molecule is COc1cc(/C=C(/C#N)C(=O)Nc2cccc(C(F)(F)F)c2)cc(I)c1OCc1ccc2ccccc2c1. The molecular weight excluding hydrogens is 608 g/mol. The van der Waals surface area contributed by atoms with E-state index in [1.807, 2.05) is 42.5 Å². The molecule has 0 aliphatic carbocycles. The molecule has 1 N–H and O–H groups in total. The van der Waals surface area contributed by atoms with E-state index in [1.54, 1.807) is 18.2 Å². The van der Waals surface area contributed by atoms with Gasteiger partial charge in [0.25, 0.3) is 5.91 Å². The lowest BCUT2D eigenvalue weighted by Crippen LogP contribution is -2.14. The highest BCUT2D eigenvalue weighted by Crippen LogP contribution is 2.35. The molecule has 0 spiro atoms. The van der Waals surface area contributed by atoms with Gasteiger partial charge in [0.15, 0.2) is 11.5 Å². The molecule has 4 aromatic rings. The molecule has 4 aromatic carbocycles. The molecule has 0 radical (unpaired) electrons. The molecule has 0 fully saturated rings. The van der Waals surface area contributed by atoms with Gasteiger partial charge in [-0.1, -0.05) is 42.5 Å². The van der Waals surface area contributed by atoms with Crippen LogP contribution in [0.5, 0.6) is 11.5 Å². The number of methoxy groups -OCH3 is 1. The fraction of sp³-hybridized carbons (Fsp3) is 0.103. The topological polar surface area (TPSA) is 71.3 Å². The van der Waals surface area contributed by atoms with Crippen molar-refractivity contribution in [3.63, 3.8) is 0 Å². The molecule has 0 saturated heterocycles. The zero-order chi connectivity index (χ0) is 27.3. The molecule has 9 heteroatoms. The number of amides is 1. The van der Waals surface area contributed by atoms with Crippen LogP contribution in [-0.2, 0) is 17.6 Å². The lowest BCUT2D eigenvalue weighted by atomic mass is 10.1. The molecule has 0 aliphatic heterocycles. The van der Waals surface area contributed by atoms with E-state index in [2.05, 4.69) is 27.9 Å². The summed E-state index contributed by atoms with van der Waals surface area (Å²) in [7, 11) is 1.48. The van der Waals surface area contributed by atoms with Crippen molar-refractivity contribution >= 4 is 51.0 Å². The van der Waals surface area contributed by atoms with Crippen LogP contribution in [-0.4, -0.2) is 13.0 Å². The molecule has 1 amide bonds. The van der Waals surface area contributed by atoms with Gasteiger partial charge in [0, 0.05) is 5.69 Å². The summed E-state index contributed by atoms with van der Waals surface area (Å²) >= 11 is 2.07. The Morgan fingerprint density at radius 2 is 1.79 bits per heavy atom. The van der Waals surface area contributed by atoms with Crippen molar-refractivity contribution in [3.8, 4) is 17.6 Å². The first-order valence-corrected chi connectivity index (χ1v) is 12.3. The van der Waals surface area contributed by atoms with Crippen LogP contribution in [0.15, 0.2) is 84.4 Å². The zero-order valence-corrected chi connectivity index (χ0v) is 22.1. The van der Waals surface area contributed by atoms with Gasteiger partial charge in [-0.25, -0.2) is 0 Å². The predicted molar refractivity (Wildman–Crippen MR) is 148 cm³/mol. The Morgan fingerprint density at radius 1 is 1.03 bits per heavy atom. The number of hydrogen-bond donors (Lipinski definition) is 1. The number of fused-ring (bicyclic) bond motifs is 1. The number of nitrogens with zero attached hydrogens (tertiary/aromatic N) is 1. The summed E-state index contributed by atoms with van der Waals surface area (Å²) in [6.07, 6.45) is -3.22. The number of alkyl halides is 3. The molecular formula is C29H20F3IN2O3. The highest BCUT2D eigenvalue weighted by Gasteiger charge is 2.30. The van der Waals surface area contributed by atoms with Crippen LogP contribution in [0, 0.1) is 14.9 Å². The maximum absolute atomic E-state index is 13.0. The third-order valence-electron chi connectivity index (χ3n) is 5.57. The summed E-state index contributed by atoms with van der Waals surface area (Å²) in [5.74, 6) is 0.0716. The number of halogens is 4. The van der Waals surface area contributed by atoms with E-state index in [-0.39, 0.29) is 11.3 Å². The maximum Gasteiger partial charge on any atom is 0.416 e. The number of benzene rings is 4. The summed E-state index contributed by atoms with van der Waals surface area (Å²) < 4.78 is 51.2. The molecule has 0 saturated carbocycles. The first-order valence-electron chi connectivity index (χ1n) is 11.3. The Kier molecular flexibility index (Phi) is 8.22. The predicted octanol–water partition coefficient (Wildman–Crippen LogP) is 7.60. The molecule has 0 unspecified atom stereocenters. The highest BCUT2D eigenvalue weighted by molar-refractivity contribution is 14.1. The van der Waals surface area contributed by atoms with Crippen molar-refractivity contribution in [2.24, 2.45) is 0 Å². The first-order chi connectivity index (χ1) is 18.2. The number of rotatable bonds is 7. The number of ether oxygens (including phenoxy) is 2. The molecule has 0 bridgehead atoms. The highest BCUT2D eigenvalue weighted by atomic mass is 127. The monoisotopic (exact) mass is 628 g/mol. The largest absolute Gasteiger partial charge is 0.493 e. The van der Waals surface area contributed by atoms with Crippen molar-refractivity contribution in [2.75, 3.05) is 12.4 Å².